The van der Waals surface area contributed by atoms with Gasteiger partial charge in [-0.1, -0.05) is 13.8 Å². The normalized spacial score (nSPS) is 15.2. The fourth-order valence-electron chi connectivity index (χ4n) is 1.45. The van der Waals surface area contributed by atoms with E-state index in [9.17, 15) is 0 Å². The van der Waals surface area contributed by atoms with E-state index in [1.165, 1.54) is 12.8 Å². The second kappa shape index (κ2) is 5.96. The first kappa shape index (κ1) is 12.3. The summed E-state index contributed by atoms with van der Waals surface area (Å²) in [6.07, 6.45) is 3.64. The van der Waals surface area contributed by atoms with E-state index in [0.29, 0.717) is 24.4 Å². The Hall–Kier alpha value is -1.16. The Morgan fingerprint density at radius 3 is 2.76 bits per heavy atom. The van der Waals surface area contributed by atoms with E-state index in [1.54, 1.807) is 0 Å². The number of hydrogen-bond donors (Lipinski definition) is 1. The number of nitrogens with zero attached hydrogens (tertiary/aromatic N) is 2. The summed E-state index contributed by atoms with van der Waals surface area (Å²) in [5, 5.41) is 11.6. The molecule has 0 radical (unpaired) electrons. The van der Waals surface area contributed by atoms with Gasteiger partial charge in [0.15, 0.2) is 0 Å². The summed E-state index contributed by atoms with van der Waals surface area (Å²) in [6.45, 7) is 5.89. The van der Waals surface area contributed by atoms with E-state index in [-0.39, 0.29) is 0 Å². The van der Waals surface area contributed by atoms with E-state index in [2.05, 4.69) is 29.4 Å². The van der Waals surface area contributed by atoms with Crippen LogP contribution in [0, 0.1) is 5.92 Å². The van der Waals surface area contributed by atoms with Crippen molar-refractivity contribution < 1.29 is 4.74 Å². The SMILES string of the molecule is CC(C)CCOc1ccc(CNC2CC2)nn1. The zero-order valence-electron chi connectivity index (χ0n) is 10.6. The van der Waals surface area contributed by atoms with Gasteiger partial charge in [0, 0.05) is 18.7 Å². The molecule has 0 spiro atoms. The quantitative estimate of drug-likeness (QED) is 0.786. The van der Waals surface area contributed by atoms with Crippen LogP contribution in [0.5, 0.6) is 5.88 Å². The first-order chi connectivity index (χ1) is 8.24. The maximum absolute atomic E-state index is 5.52. The third kappa shape index (κ3) is 4.69. The molecule has 0 bridgehead atoms. The second-order valence-electron chi connectivity index (χ2n) is 5.05. The van der Waals surface area contributed by atoms with Gasteiger partial charge in [-0.25, -0.2) is 0 Å². The van der Waals surface area contributed by atoms with Crippen molar-refractivity contribution in [3.63, 3.8) is 0 Å². The van der Waals surface area contributed by atoms with Gasteiger partial charge in [0.25, 0.3) is 0 Å². The molecule has 1 fully saturated rings. The van der Waals surface area contributed by atoms with Crippen molar-refractivity contribution in [1.29, 1.82) is 0 Å². The summed E-state index contributed by atoms with van der Waals surface area (Å²) < 4.78 is 5.52. The van der Waals surface area contributed by atoms with Crippen molar-refractivity contribution >= 4 is 0 Å². The van der Waals surface area contributed by atoms with E-state index in [0.717, 1.165) is 18.7 Å². The third-order valence-corrected chi connectivity index (χ3v) is 2.79. The van der Waals surface area contributed by atoms with Gasteiger partial charge in [0.1, 0.15) is 0 Å². The molecule has 0 atom stereocenters. The summed E-state index contributed by atoms with van der Waals surface area (Å²) in [5.41, 5.74) is 0.980. The topological polar surface area (TPSA) is 47.0 Å². The lowest BCUT2D eigenvalue weighted by atomic mass is 10.1. The summed E-state index contributed by atoms with van der Waals surface area (Å²) >= 11 is 0. The van der Waals surface area contributed by atoms with Crippen LogP contribution in [0.15, 0.2) is 12.1 Å². The first-order valence-corrected chi connectivity index (χ1v) is 6.43. The Kier molecular flexibility index (Phi) is 4.31. The molecule has 0 aliphatic heterocycles. The highest BCUT2D eigenvalue weighted by atomic mass is 16.5. The van der Waals surface area contributed by atoms with Crippen molar-refractivity contribution in [2.24, 2.45) is 5.92 Å². The van der Waals surface area contributed by atoms with Crippen molar-refractivity contribution in [1.82, 2.24) is 15.5 Å². The maximum Gasteiger partial charge on any atom is 0.233 e. The molecule has 1 aromatic rings. The third-order valence-electron chi connectivity index (χ3n) is 2.79. The Bertz CT molecular complexity index is 333. The minimum atomic E-state index is 0.626. The molecule has 4 nitrogen and oxygen atoms in total. The summed E-state index contributed by atoms with van der Waals surface area (Å²) in [7, 11) is 0. The number of rotatable bonds is 7. The molecule has 0 aromatic carbocycles. The predicted molar refractivity (Wildman–Crippen MR) is 66.8 cm³/mol. The Morgan fingerprint density at radius 1 is 1.35 bits per heavy atom. The van der Waals surface area contributed by atoms with Crippen LogP contribution in [-0.4, -0.2) is 22.8 Å². The van der Waals surface area contributed by atoms with Gasteiger partial charge in [-0.15, -0.1) is 5.10 Å². The standard InChI is InChI=1S/C13H21N3O/c1-10(2)7-8-17-13-6-5-12(15-16-13)9-14-11-3-4-11/h5-6,10-11,14H,3-4,7-9H2,1-2H3. The molecule has 0 saturated heterocycles. The fraction of sp³-hybridized carbons (Fsp3) is 0.692. The summed E-state index contributed by atoms with van der Waals surface area (Å²) in [6, 6.07) is 4.59. The number of aromatic nitrogens is 2. The average molecular weight is 235 g/mol. The van der Waals surface area contributed by atoms with Crippen molar-refractivity contribution in [2.45, 2.75) is 45.7 Å². The molecule has 1 heterocycles. The summed E-state index contributed by atoms with van der Waals surface area (Å²) in [4.78, 5) is 0. The van der Waals surface area contributed by atoms with Crippen molar-refractivity contribution in [2.75, 3.05) is 6.61 Å². The van der Waals surface area contributed by atoms with E-state index in [4.69, 9.17) is 4.74 Å². The smallest absolute Gasteiger partial charge is 0.233 e. The Morgan fingerprint density at radius 2 is 2.18 bits per heavy atom. The molecule has 1 saturated carbocycles. The highest BCUT2D eigenvalue weighted by molar-refractivity contribution is 5.11. The van der Waals surface area contributed by atoms with Crippen LogP contribution in [0.2, 0.25) is 0 Å². The van der Waals surface area contributed by atoms with E-state index in [1.807, 2.05) is 12.1 Å². The first-order valence-electron chi connectivity index (χ1n) is 6.43. The predicted octanol–water partition coefficient (Wildman–Crippen LogP) is 2.15. The molecule has 2 rings (SSSR count). The number of ether oxygens (including phenoxy) is 1. The number of hydrogen-bond acceptors (Lipinski definition) is 4. The highest BCUT2D eigenvalue weighted by Crippen LogP contribution is 2.19. The average Bonchev–Trinajstić information content (AvgIpc) is 3.11. The van der Waals surface area contributed by atoms with Crippen LogP contribution in [0.25, 0.3) is 0 Å². The lowest BCUT2D eigenvalue weighted by Crippen LogP contribution is -2.16. The molecule has 17 heavy (non-hydrogen) atoms. The van der Waals surface area contributed by atoms with Gasteiger partial charge in [0.05, 0.1) is 12.3 Å². The Labute approximate surface area is 103 Å². The second-order valence-corrected chi connectivity index (χ2v) is 5.05. The van der Waals surface area contributed by atoms with Gasteiger partial charge in [-0.05, 0) is 31.2 Å². The van der Waals surface area contributed by atoms with Crippen LogP contribution in [-0.2, 0) is 6.54 Å². The fourth-order valence-corrected chi connectivity index (χ4v) is 1.45. The molecule has 1 aromatic heterocycles. The zero-order valence-corrected chi connectivity index (χ0v) is 10.6. The molecule has 1 aliphatic carbocycles. The molecule has 1 N–H and O–H groups in total. The minimum Gasteiger partial charge on any atom is -0.477 e. The molecular weight excluding hydrogens is 214 g/mol. The monoisotopic (exact) mass is 235 g/mol. The number of nitrogens with one attached hydrogen (secondary N) is 1. The lowest BCUT2D eigenvalue weighted by molar-refractivity contribution is 0.276. The van der Waals surface area contributed by atoms with Gasteiger partial charge in [0.2, 0.25) is 5.88 Å². The maximum atomic E-state index is 5.52. The summed E-state index contributed by atoms with van der Waals surface area (Å²) in [5.74, 6) is 1.28. The van der Waals surface area contributed by atoms with Gasteiger partial charge >= 0.3 is 0 Å². The zero-order chi connectivity index (χ0) is 12.1. The van der Waals surface area contributed by atoms with E-state index >= 15 is 0 Å². The van der Waals surface area contributed by atoms with Crippen LogP contribution in [0.1, 0.15) is 38.8 Å². The van der Waals surface area contributed by atoms with Gasteiger partial charge < -0.3 is 10.1 Å². The van der Waals surface area contributed by atoms with E-state index < -0.39 is 0 Å². The minimum absolute atomic E-state index is 0.626. The largest absolute Gasteiger partial charge is 0.477 e. The Balaban J connectivity index is 1.72. The molecule has 0 unspecified atom stereocenters. The molecule has 0 amide bonds. The lowest BCUT2D eigenvalue weighted by Gasteiger charge is -2.07. The van der Waals surface area contributed by atoms with Crippen molar-refractivity contribution in [3.8, 4) is 5.88 Å². The van der Waals surface area contributed by atoms with Crippen LogP contribution in [0.4, 0.5) is 0 Å². The van der Waals surface area contributed by atoms with Crippen molar-refractivity contribution in [3.05, 3.63) is 17.8 Å². The van der Waals surface area contributed by atoms with Crippen LogP contribution >= 0.6 is 0 Å². The molecule has 4 heteroatoms. The van der Waals surface area contributed by atoms with Gasteiger partial charge in [-0.2, -0.15) is 5.10 Å². The van der Waals surface area contributed by atoms with Crippen LogP contribution in [0.3, 0.4) is 0 Å². The van der Waals surface area contributed by atoms with Crippen LogP contribution < -0.4 is 10.1 Å². The molecule has 94 valence electrons. The molecule has 1 aliphatic rings. The van der Waals surface area contributed by atoms with Gasteiger partial charge in [-0.3, -0.25) is 0 Å². The molecular formula is C13H21N3O. The highest BCUT2D eigenvalue weighted by Gasteiger charge is 2.20.